The van der Waals surface area contributed by atoms with Crippen LogP contribution in [-0.2, 0) is 6.54 Å². The summed E-state index contributed by atoms with van der Waals surface area (Å²) in [7, 11) is 0. The maximum Gasteiger partial charge on any atom is 0.335 e. The Bertz CT molecular complexity index is 741. The molecule has 0 bridgehead atoms. The van der Waals surface area contributed by atoms with Crippen molar-refractivity contribution in [3.8, 4) is 0 Å². The van der Waals surface area contributed by atoms with E-state index in [2.05, 4.69) is 5.32 Å². The van der Waals surface area contributed by atoms with E-state index >= 15 is 0 Å². The Hall–Kier alpha value is -2.86. The number of hydrogen-bond donors (Lipinski definition) is 3. The van der Waals surface area contributed by atoms with Gasteiger partial charge in [-0.3, -0.25) is 0 Å². The molecule has 138 valence electrons. The molecule has 1 unspecified atom stereocenters. The molecule has 6 nitrogen and oxygen atoms in total. The maximum absolute atomic E-state index is 12.4. The highest BCUT2D eigenvalue weighted by Gasteiger charge is 2.17. The minimum Gasteiger partial charge on any atom is -0.478 e. The summed E-state index contributed by atoms with van der Waals surface area (Å²) < 4.78 is 0. The van der Waals surface area contributed by atoms with Crippen LogP contribution in [0.15, 0.2) is 48.5 Å². The molecule has 0 fully saturated rings. The number of carbonyl (C=O) groups is 2. The number of hydrogen-bond acceptors (Lipinski definition) is 3. The number of aliphatic hydroxyl groups excluding tert-OH is 1. The lowest BCUT2D eigenvalue weighted by atomic mass is 10.1. The predicted octanol–water partition coefficient (Wildman–Crippen LogP) is 2.96. The molecule has 2 aromatic carbocycles. The van der Waals surface area contributed by atoms with Crippen LogP contribution in [0.5, 0.6) is 0 Å². The summed E-state index contributed by atoms with van der Waals surface area (Å²) >= 11 is 0. The van der Waals surface area contributed by atoms with Gasteiger partial charge in [0.15, 0.2) is 0 Å². The first-order valence-electron chi connectivity index (χ1n) is 8.50. The zero-order valence-electron chi connectivity index (χ0n) is 15.0. The van der Waals surface area contributed by atoms with Crippen molar-refractivity contribution < 1.29 is 19.8 Å². The molecule has 3 N–H and O–H groups in total. The fourth-order valence-corrected chi connectivity index (χ4v) is 2.51. The first-order valence-corrected chi connectivity index (χ1v) is 8.50. The minimum absolute atomic E-state index is 0.198. The lowest BCUT2D eigenvalue weighted by Gasteiger charge is -2.24. The number of urea groups is 1. The molecule has 0 aliphatic rings. The largest absolute Gasteiger partial charge is 0.478 e. The van der Waals surface area contributed by atoms with Crippen molar-refractivity contribution in [1.82, 2.24) is 10.2 Å². The number of nitrogens with one attached hydrogen (secondary N) is 1. The molecule has 0 aromatic heterocycles. The Labute approximate surface area is 153 Å². The van der Waals surface area contributed by atoms with Gasteiger partial charge in [0.1, 0.15) is 0 Å². The Morgan fingerprint density at radius 3 is 2.23 bits per heavy atom. The number of aliphatic hydroxyl groups is 1. The molecule has 0 aliphatic heterocycles. The van der Waals surface area contributed by atoms with Gasteiger partial charge in [0.25, 0.3) is 0 Å². The Morgan fingerprint density at radius 1 is 1.08 bits per heavy atom. The van der Waals surface area contributed by atoms with Gasteiger partial charge in [-0.15, -0.1) is 0 Å². The molecular weight excluding hydrogens is 332 g/mol. The second-order valence-corrected chi connectivity index (χ2v) is 6.13. The third kappa shape index (κ3) is 5.32. The lowest BCUT2D eigenvalue weighted by molar-refractivity contribution is 0.0697. The molecule has 0 saturated carbocycles. The SMILES string of the molecule is CCN(CC(O)c1ccc(C)cc1)C(=O)NCc1ccc(C(=O)O)cc1. The van der Waals surface area contributed by atoms with Crippen LogP contribution in [0, 0.1) is 6.92 Å². The number of aryl methyl sites for hydroxylation is 1. The topological polar surface area (TPSA) is 89.9 Å². The molecular formula is C20H24N2O4. The zero-order valence-corrected chi connectivity index (χ0v) is 15.0. The smallest absolute Gasteiger partial charge is 0.335 e. The number of likely N-dealkylation sites (N-methyl/N-ethyl adjacent to an activating group) is 1. The van der Waals surface area contributed by atoms with Gasteiger partial charge in [-0.1, -0.05) is 42.0 Å². The summed E-state index contributed by atoms with van der Waals surface area (Å²) in [5.41, 5.74) is 2.89. The van der Waals surface area contributed by atoms with Crippen molar-refractivity contribution in [2.75, 3.05) is 13.1 Å². The van der Waals surface area contributed by atoms with Crippen LogP contribution in [-0.4, -0.2) is 40.2 Å². The average Bonchev–Trinajstić information content (AvgIpc) is 2.64. The van der Waals surface area contributed by atoms with Gasteiger partial charge in [-0.25, -0.2) is 9.59 Å². The number of benzene rings is 2. The van der Waals surface area contributed by atoms with E-state index < -0.39 is 12.1 Å². The Kier molecular flexibility index (Phi) is 6.74. The first kappa shape index (κ1) is 19.5. The predicted molar refractivity (Wildman–Crippen MR) is 99.0 cm³/mol. The van der Waals surface area contributed by atoms with E-state index in [9.17, 15) is 14.7 Å². The van der Waals surface area contributed by atoms with Crippen molar-refractivity contribution in [2.45, 2.75) is 26.5 Å². The monoisotopic (exact) mass is 356 g/mol. The molecule has 2 rings (SSSR count). The van der Waals surface area contributed by atoms with Crippen LogP contribution in [0.4, 0.5) is 4.79 Å². The highest BCUT2D eigenvalue weighted by molar-refractivity contribution is 5.87. The van der Waals surface area contributed by atoms with Gasteiger partial charge >= 0.3 is 12.0 Å². The summed E-state index contributed by atoms with van der Waals surface area (Å²) in [4.78, 5) is 24.7. The molecule has 0 radical (unpaired) electrons. The summed E-state index contributed by atoms with van der Waals surface area (Å²) in [6.45, 7) is 4.78. The Balaban J connectivity index is 1.91. The lowest BCUT2D eigenvalue weighted by Crippen LogP contribution is -2.41. The van der Waals surface area contributed by atoms with E-state index in [1.165, 1.54) is 17.0 Å². The van der Waals surface area contributed by atoms with E-state index in [0.717, 1.165) is 16.7 Å². The number of aromatic carboxylic acids is 1. The number of carbonyl (C=O) groups excluding carboxylic acids is 1. The molecule has 0 spiro atoms. The average molecular weight is 356 g/mol. The first-order chi connectivity index (χ1) is 12.4. The van der Waals surface area contributed by atoms with Crippen molar-refractivity contribution in [1.29, 1.82) is 0 Å². The third-order valence-electron chi connectivity index (χ3n) is 4.17. The summed E-state index contributed by atoms with van der Waals surface area (Å²) in [6, 6.07) is 13.6. The van der Waals surface area contributed by atoms with Crippen molar-refractivity contribution in [3.63, 3.8) is 0 Å². The van der Waals surface area contributed by atoms with Crippen LogP contribution >= 0.6 is 0 Å². The normalized spacial score (nSPS) is 11.7. The van der Waals surface area contributed by atoms with Crippen LogP contribution in [0.25, 0.3) is 0 Å². The molecule has 6 heteroatoms. The molecule has 26 heavy (non-hydrogen) atoms. The van der Waals surface area contributed by atoms with Gasteiger partial charge in [-0.05, 0) is 37.1 Å². The summed E-state index contributed by atoms with van der Waals surface area (Å²) in [6.07, 6.45) is -0.754. The highest BCUT2D eigenvalue weighted by Crippen LogP contribution is 2.15. The van der Waals surface area contributed by atoms with Crippen molar-refractivity contribution in [2.24, 2.45) is 0 Å². The van der Waals surface area contributed by atoms with Crippen LogP contribution in [0.2, 0.25) is 0 Å². The number of nitrogens with zero attached hydrogens (tertiary/aromatic N) is 1. The van der Waals surface area contributed by atoms with Crippen molar-refractivity contribution in [3.05, 3.63) is 70.8 Å². The highest BCUT2D eigenvalue weighted by atomic mass is 16.4. The minimum atomic E-state index is -0.983. The van der Waals surface area contributed by atoms with Gasteiger partial charge in [0.2, 0.25) is 0 Å². The fraction of sp³-hybridized carbons (Fsp3) is 0.300. The molecule has 0 saturated heterocycles. The second kappa shape index (κ2) is 9.01. The quantitative estimate of drug-likeness (QED) is 0.711. The maximum atomic E-state index is 12.4. The summed E-state index contributed by atoms with van der Waals surface area (Å²) in [5.74, 6) is -0.983. The van der Waals surface area contributed by atoms with E-state index in [1.54, 1.807) is 12.1 Å². The fourth-order valence-electron chi connectivity index (χ4n) is 2.51. The summed E-state index contributed by atoms with van der Waals surface area (Å²) in [5, 5.41) is 22.0. The molecule has 2 aromatic rings. The van der Waals surface area contributed by atoms with Crippen LogP contribution in [0.1, 0.15) is 40.1 Å². The van der Waals surface area contributed by atoms with Gasteiger partial charge in [0.05, 0.1) is 18.2 Å². The van der Waals surface area contributed by atoms with Gasteiger partial charge in [-0.2, -0.15) is 0 Å². The van der Waals surface area contributed by atoms with Crippen LogP contribution < -0.4 is 5.32 Å². The van der Waals surface area contributed by atoms with Crippen LogP contribution in [0.3, 0.4) is 0 Å². The van der Waals surface area contributed by atoms with E-state index in [1.807, 2.05) is 38.1 Å². The molecule has 2 amide bonds. The molecule has 0 aliphatic carbocycles. The van der Waals surface area contributed by atoms with E-state index in [0.29, 0.717) is 6.54 Å². The van der Waals surface area contributed by atoms with Gasteiger partial charge < -0.3 is 20.4 Å². The number of carboxylic acids is 1. The van der Waals surface area contributed by atoms with E-state index in [4.69, 9.17) is 5.11 Å². The third-order valence-corrected chi connectivity index (χ3v) is 4.17. The van der Waals surface area contributed by atoms with E-state index in [-0.39, 0.29) is 24.7 Å². The molecule has 0 heterocycles. The Morgan fingerprint density at radius 2 is 1.69 bits per heavy atom. The van der Waals surface area contributed by atoms with Crippen molar-refractivity contribution >= 4 is 12.0 Å². The second-order valence-electron chi connectivity index (χ2n) is 6.13. The number of carboxylic acid groups (broad SMARTS) is 1. The molecule has 1 atom stereocenters. The zero-order chi connectivity index (χ0) is 19.1. The number of rotatable bonds is 7. The number of amides is 2. The standard InChI is InChI=1S/C20H24N2O4/c1-3-22(13-18(23)16-8-4-14(2)5-9-16)20(26)21-12-15-6-10-17(11-7-15)19(24)25/h4-11,18,23H,3,12-13H2,1-2H3,(H,21,26)(H,24,25). The van der Waals surface area contributed by atoms with Gasteiger partial charge in [0, 0.05) is 13.1 Å².